The van der Waals surface area contributed by atoms with E-state index in [4.69, 9.17) is 14.6 Å². The van der Waals surface area contributed by atoms with Crippen LogP contribution in [0.3, 0.4) is 0 Å². The van der Waals surface area contributed by atoms with E-state index in [9.17, 15) is 14.7 Å². The lowest BCUT2D eigenvalue weighted by Gasteiger charge is -2.35. The molecule has 0 radical (unpaired) electrons. The summed E-state index contributed by atoms with van der Waals surface area (Å²) in [5.41, 5.74) is -1.70. The van der Waals surface area contributed by atoms with Crippen LogP contribution in [0.5, 0.6) is 11.5 Å². The molecule has 1 aromatic rings. The van der Waals surface area contributed by atoms with Crippen molar-refractivity contribution in [1.82, 2.24) is 4.90 Å². The van der Waals surface area contributed by atoms with Crippen LogP contribution in [0.2, 0.25) is 0 Å². The fourth-order valence-corrected chi connectivity index (χ4v) is 2.71. The topological polar surface area (TPSA) is 96.3 Å². The second kappa shape index (κ2) is 8.71. The number of nitrogens with zero attached hydrogens (tertiary/aromatic N) is 1. The Bertz CT molecular complexity index is 578. The van der Waals surface area contributed by atoms with Gasteiger partial charge in [-0.05, 0) is 37.6 Å². The van der Waals surface area contributed by atoms with E-state index >= 15 is 0 Å². The zero-order valence-electron chi connectivity index (χ0n) is 14.4. The van der Waals surface area contributed by atoms with Crippen molar-refractivity contribution in [3.63, 3.8) is 0 Å². The van der Waals surface area contributed by atoms with E-state index < -0.39 is 11.6 Å². The van der Waals surface area contributed by atoms with Gasteiger partial charge in [-0.2, -0.15) is 0 Å². The molecule has 0 aromatic heterocycles. The molecule has 1 amide bonds. The predicted molar refractivity (Wildman–Crippen MR) is 90.7 cm³/mol. The van der Waals surface area contributed by atoms with Gasteiger partial charge in [-0.3, -0.25) is 4.79 Å². The van der Waals surface area contributed by atoms with Gasteiger partial charge in [0.15, 0.2) is 5.60 Å². The molecule has 1 aliphatic rings. The lowest BCUT2D eigenvalue weighted by Crippen LogP contribution is -2.50. The molecule has 2 N–H and O–H groups in total. The number of aliphatic hydroxyl groups is 1. The fourth-order valence-electron chi connectivity index (χ4n) is 2.71. The SMILES string of the molecule is CCOc1ccc(OCCCC(=O)N2CCC(O)(C(=O)O)CC2)cc1. The van der Waals surface area contributed by atoms with E-state index in [0.29, 0.717) is 26.1 Å². The number of carboxylic acid groups (broad SMARTS) is 1. The van der Waals surface area contributed by atoms with E-state index in [1.165, 1.54) is 0 Å². The van der Waals surface area contributed by atoms with Gasteiger partial charge in [-0.1, -0.05) is 0 Å². The minimum absolute atomic E-state index is 0.0391. The number of likely N-dealkylation sites (tertiary alicyclic amines) is 1. The highest BCUT2D eigenvalue weighted by atomic mass is 16.5. The number of carbonyl (C=O) groups is 2. The van der Waals surface area contributed by atoms with Crippen LogP contribution in [0.15, 0.2) is 24.3 Å². The van der Waals surface area contributed by atoms with Crippen LogP contribution in [0.1, 0.15) is 32.6 Å². The molecule has 7 heteroatoms. The zero-order valence-corrected chi connectivity index (χ0v) is 14.4. The molecule has 0 spiro atoms. The van der Waals surface area contributed by atoms with Gasteiger partial charge in [0.1, 0.15) is 11.5 Å². The molecule has 2 rings (SSSR count). The van der Waals surface area contributed by atoms with Gasteiger partial charge < -0.3 is 24.6 Å². The van der Waals surface area contributed by atoms with Crippen LogP contribution in [0.4, 0.5) is 0 Å². The number of hydrogen-bond acceptors (Lipinski definition) is 5. The van der Waals surface area contributed by atoms with Gasteiger partial charge in [-0.15, -0.1) is 0 Å². The number of hydrogen-bond donors (Lipinski definition) is 2. The van der Waals surface area contributed by atoms with E-state index in [2.05, 4.69) is 0 Å². The van der Waals surface area contributed by atoms with Crippen molar-refractivity contribution in [1.29, 1.82) is 0 Å². The summed E-state index contributed by atoms with van der Waals surface area (Å²) in [4.78, 5) is 24.7. The minimum atomic E-state index is -1.70. The lowest BCUT2D eigenvalue weighted by molar-refractivity contribution is -0.165. The van der Waals surface area contributed by atoms with Gasteiger partial charge in [0.05, 0.1) is 13.2 Å². The quantitative estimate of drug-likeness (QED) is 0.692. The lowest BCUT2D eigenvalue weighted by atomic mass is 9.91. The van der Waals surface area contributed by atoms with Crippen molar-refractivity contribution < 1.29 is 29.3 Å². The minimum Gasteiger partial charge on any atom is -0.494 e. The smallest absolute Gasteiger partial charge is 0.335 e. The Labute approximate surface area is 147 Å². The largest absolute Gasteiger partial charge is 0.494 e. The number of benzene rings is 1. The van der Waals surface area contributed by atoms with Crippen LogP contribution in [-0.4, -0.2) is 58.9 Å². The van der Waals surface area contributed by atoms with Crippen molar-refractivity contribution >= 4 is 11.9 Å². The number of rotatable bonds is 8. The highest BCUT2D eigenvalue weighted by Crippen LogP contribution is 2.23. The summed E-state index contributed by atoms with van der Waals surface area (Å²) in [6.45, 7) is 3.49. The summed E-state index contributed by atoms with van der Waals surface area (Å²) in [5.74, 6) is 0.253. The third-order valence-electron chi connectivity index (χ3n) is 4.28. The van der Waals surface area contributed by atoms with Gasteiger partial charge in [0.2, 0.25) is 5.91 Å². The summed E-state index contributed by atoms with van der Waals surface area (Å²) in [6.07, 6.45) is 1.04. The Kier molecular flexibility index (Phi) is 6.64. The number of aliphatic carboxylic acids is 1. The van der Waals surface area contributed by atoms with Crippen molar-refractivity contribution in [2.24, 2.45) is 0 Å². The highest BCUT2D eigenvalue weighted by Gasteiger charge is 2.40. The summed E-state index contributed by atoms with van der Waals surface area (Å²) < 4.78 is 11.0. The molecule has 0 atom stereocenters. The van der Waals surface area contributed by atoms with Crippen LogP contribution in [0, 0.1) is 0 Å². The number of piperidine rings is 1. The molecule has 1 heterocycles. The summed E-state index contributed by atoms with van der Waals surface area (Å²) in [6, 6.07) is 7.32. The third kappa shape index (κ3) is 5.35. The second-order valence-electron chi connectivity index (χ2n) is 6.07. The van der Waals surface area contributed by atoms with Crippen LogP contribution in [-0.2, 0) is 9.59 Å². The average Bonchev–Trinajstić information content (AvgIpc) is 2.60. The standard InChI is InChI=1S/C18H25NO6/c1-2-24-14-5-7-15(8-6-14)25-13-3-4-16(20)19-11-9-18(23,10-12-19)17(21)22/h5-8,23H,2-4,9-13H2,1H3,(H,21,22). The number of carboxylic acids is 1. The van der Waals surface area contributed by atoms with Crippen molar-refractivity contribution in [2.75, 3.05) is 26.3 Å². The Balaban J connectivity index is 1.66. The third-order valence-corrected chi connectivity index (χ3v) is 4.28. The number of amides is 1. The molecule has 0 unspecified atom stereocenters. The highest BCUT2D eigenvalue weighted by molar-refractivity contribution is 5.79. The Morgan fingerprint density at radius 3 is 2.20 bits per heavy atom. The van der Waals surface area contributed by atoms with Crippen molar-refractivity contribution in [3.05, 3.63) is 24.3 Å². The second-order valence-corrected chi connectivity index (χ2v) is 6.07. The van der Waals surface area contributed by atoms with Gasteiger partial charge in [-0.25, -0.2) is 4.79 Å². The van der Waals surface area contributed by atoms with Gasteiger partial charge >= 0.3 is 5.97 Å². The maximum Gasteiger partial charge on any atom is 0.335 e. The molecular weight excluding hydrogens is 326 g/mol. The van der Waals surface area contributed by atoms with Crippen LogP contribution in [0.25, 0.3) is 0 Å². The predicted octanol–water partition coefficient (Wildman–Crippen LogP) is 1.68. The van der Waals surface area contributed by atoms with Crippen LogP contribution >= 0.6 is 0 Å². The summed E-state index contributed by atoms with van der Waals surface area (Å²) in [7, 11) is 0. The maximum absolute atomic E-state index is 12.1. The Hall–Kier alpha value is -2.28. The summed E-state index contributed by atoms with van der Waals surface area (Å²) in [5, 5.41) is 18.8. The first-order chi connectivity index (χ1) is 11.9. The molecule has 1 aliphatic heterocycles. The van der Waals surface area contributed by atoms with E-state index in [0.717, 1.165) is 11.5 Å². The molecule has 1 aromatic carbocycles. The van der Waals surface area contributed by atoms with E-state index in [1.807, 2.05) is 31.2 Å². The molecule has 0 saturated carbocycles. The Morgan fingerprint density at radius 1 is 1.12 bits per heavy atom. The normalized spacial score (nSPS) is 16.3. The fraction of sp³-hybridized carbons (Fsp3) is 0.556. The van der Waals surface area contributed by atoms with E-state index in [1.54, 1.807) is 4.90 Å². The molecule has 0 bridgehead atoms. The van der Waals surface area contributed by atoms with Crippen molar-refractivity contribution in [3.8, 4) is 11.5 Å². The first-order valence-electron chi connectivity index (χ1n) is 8.54. The summed E-state index contributed by atoms with van der Waals surface area (Å²) >= 11 is 0. The van der Waals surface area contributed by atoms with Gasteiger partial charge in [0.25, 0.3) is 0 Å². The number of ether oxygens (including phenoxy) is 2. The first-order valence-corrected chi connectivity index (χ1v) is 8.54. The molecule has 25 heavy (non-hydrogen) atoms. The molecular formula is C18H25NO6. The molecule has 7 nitrogen and oxygen atoms in total. The van der Waals surface area contributed by atoms with Crippen LogP contribution < -0.4 is 9.47 Å². The van der Waals surface area contributed by atoms with Gasteiger partial charge in [0, 0.05) is 32.4 Å². The monoisotopic (exact) mass is 351 g/mol. The average molecular weight is 351 g/mol. The Morgan fingerprint density at radius 2 is 1.68 bits per heavy atom. The molecule has 1 saturated heterocycles. The molecule has 1 fully saturated rings. The number of carbonyl (C=O) groups excluding carboxylic acids is 1. The van der Waals surface area contributed by atoms with Crippen molar-refractivity contribution in [2.45, 2.75) is 38.2 Å². The maximum atomic E-state index is 12.1. The first kappa shape index (κ1) is 19.1. The zero-order chi connectivity index (χ0) is 18.3. The van der Waals surface area contributed by atoms with E-state index in [-0.39, 0.29) is 31.8 Å². The molecule has 0 aliphatic carbocycles. The molecule has 138 valence electrons.